The van der Waals surface area contributed by atoms with Gasteiger partial charge in [-0.05, 0) is 33.8 Å². The van der Waals surface area contributed by atoms with E-state index in [0.717, 1.165) is 44.0 Å². The van der Waals surface area contributed by atoms with Gasteiger partial charge in [-0.3, -0.25) is 14.7 Å². The van der Waals surface area contributed by atoms with Gasteiger partial charge in [0.25, 0.3) is 5.91 Å². The average Bonchev–Trinajstić information content (AvgIpc) is 2.47. The summed E-state index contributed by atoms with van der Waals surface area (Å²) in [5, 5.41) is 3.21. The van der Waals surface area contributed by atoms with Crippen LogP contribution in [-0.4, -0.2) is 59.0 Å². The Kier molecular flexibility index (Phi) is 4.83. The molecule has 1 fully saturated rings. The Labute approximate surface area is 127 Å². The van der Waals surface area contributed by atoms with Crippen LogP contribution in [-0.2, 0) is 0 Å². The van der Waals surface area contributed by atoms with E-state index >= 15 is 0 Å². The lowest BCUT2D eigenvalue weighted by molar-refractivity contribution is 0.0451. The van der Waals surface area contributed by atoms with E-state index in [2.05, 4.69) is 36.0 Å². The Morgan fingerprint density at radius 2 is 1.95 bits per heavy atom. The highest BCUT2D eigenvalue weighted by atomic mass is 16.2. The van der Waals surface area contributed by atoms with Crippen molar-refractivity contribution in [3.05, 3.63) is 24.0 Å². The monoisotopic (exact) mass is 290 g/mol. The molecular formula is C16H26N4O. The van der Waals surface area contributed by atoms with Crippen molar-refractivity contribution < 1.29 is 4.79 Å². The predicted molar refractivity (Wildman–Crippen MR) is 85.6 cm³/mol. The molecule has 1 N–H and O–H groups in total. The molecule has 1 aliphatic rings. The minimum atomic E-state index is 0.0990. The van der Waals surface area contributed by atoms with Gasteiger partial charge in [-0.1, -0.05) is 0 Å². The minimum absolute atomic E-state index is 0.0990. The third-order valence-corrected chi connectivity index (χ3v) is 3.93. The number of carbonyl (C=O) groups is 1. The first-order valence-electron chi connectivity index (χ1n) is 7.65. The van der Waals surface area contributed by atoms with Crippen LogP contribution in [0.25, 0.3) is 0 Å². The number of anilines is 1. The highest BCUT2D eigenvalue weighted by molar-refractivity contribution is 5.99. The van der Waals surface area contributed by atoms with Gasteiger partial charge in [0.15, 0.2) is 0 Å². The third-order valence-electron chi connectivity index (χ3n) is 3.93. The summed E-state index contributed by atoms with van der Waals surface area (Å²) in [6.45, 7) is 12.9. The largest absolute Gasteiger partial charge is 0.383 e. The van der Waals surface area contributed by atoms with Crippen molar-refractivity contribution in [1.82, 2.24) is 14.8 Å². The van der Waals surface area contributed by atoms with Crippen molar-refractivity contribution in [2.24, 2.45) is 0 Å². The number of hydrogen-bond donors (Lipinski definition) is 1. The van der Waals surface area contributed by atoms with Gasteiger partial charge in [0.1, 0.15) is 0 Å². The van der Waals surface area contributed by atoms with E-state index in [4.69, 9.17) is 0 Å². The highest BCUT2D eigenvalue weighted by Crippen LogP contribution is 2.20. The van der Waals surface area contributed by atoms with Crippen molar-refractivity contribution in [2.75, 3.05) is 38.0 Å². The van der Waals surface area contributed by atoms with Crippen LogP contribution < -0.4 is 5.32 Å². The number of hydrogen-bond acceptors (Lipinski definition) is 4. The molecule has 0 aliphatic carbocycles. The van der Waals surface area contributed by atoms with Crippen molar-refractivity contribution in [3.8, 4) is 0 Å². The molecule has 0 spiro atoms. The van der Waals surface area contributed by atoms with Crippen molar-refractivity contribution in [1.29, 1.82) is 0 Å². The lowest BCUT2D eigenvalue weighted by Gasteiger charge is -2.42. The fraction of sp³-hybridized carbons (Fsp3) is 0.625. The molecule has 0 radical (unpaired) electrons. The van der Waals surface area contributed by atoms with Crippen LogP contribution in [0.3, 0.4) is 0 Å². The minimum Gasteiger partial charge on any atom is -0.383 e. The standard InChI is InChI=1S/C16H26N4O/c1-5-18-14-12-17-7-6-13(14)15(21)19-8-10-20(11-9-19)16(2,3)4/h6-7,12,18H,5,8-11H2,1-4H3. The molecule has 0 unspecified atom stereocenters. The van der Waals surface area contributed by atoms with E-state index in [-0.39, 0.29) is 11.4 Å². The molecule has 0 saturated carbocycles. The Hall–Kier alpha value is -1.62. The maximum Gasteiger partial charge on any atom is 0.256 e. The van der Waals surface area contributed by atoms with Crippen LogP contribution in [0, 0.1) is 0 Å². The third kappa shape index (κ3) is 3.73. The molecule has 1 aromatic heterocycles. The van der Waals surface area contributed by atoms with Gasteiger partial charge in [-0.15, -0.1) is 0 Å². The maximum absolute atomic E-state index is 12.7. The molecule has 2 rings (SSSR count). The van der Waals surface area contributed by atoms with E-state index in [1.165, 1.54) is 0 Å². The van der Waals surface area contributed by atoms with Crippen LogP contribution in [0.4, 0.5) is 5.69 Å². The number of piperazine rings is 1. The number of nitrogens with zero attached hydrogens (tertiary/aromatic N) is 3. The summed E-state index contributed by atoms with van der Waals surface area (Å²) in [5.41, 5.74) is 1.71. The van der Waals surface area contributed by atoms with Crippen LogP contribution in [0.2, 0.25) is 0 Å². The van der Waals surface area contributed by atoms with Crippen LogP contribution in [0.5, 0.6) is 0 Å². The SMILES string of the molecule is CCNc1cnccc1C(=O)N1CCN(C(C)(C)C)CC1. The van der Waals surface area contributed by atoms with Gasteiger partial charge in [-0.25, -0.2) is 0 Å². The molecule has 21 heavy (non-hydrogen) atoms. The molecule has 116 valence electrons. The number of amides is 1. The zero-order valence-electron chi connectivity index (χ0n) is 13.5. The number of rotatable bonds is 3. The van der Waals surface area contributed by atoms with Crippen LogP contribution in [0.1, 0.15) is 38.1 Å². The summed E-state index contributed by atoms with van der Waals surface area (Å²) < 4.78 is 0. The molecule has 2 heterocycles. The second-order valence-electron chi connectivity index (χ2n) is 6.40. The molecular weight excluding hydrogens is 264 g/mol. The van der Waals surface area contributed by atoms with E-state index in [1.807, 2.05) is 11.8 Å². The molecule has 0 atom stereocenters. The van der Waals surface area contributed by atoms with E-state index in [1.54, 1.807) is 18.5 Å². The summed E-state index contributed by atoms with van der Waals surface area (Å²) in [5.74, 6) is 0.0990. The topological polar surface area (TPSA) is 48.5 Å². The molecule has 1 aliphatic heterocycles. The molecule has 5 nitrogen and oxygen atoms in total. The summed E-state index contributed by atoms with van der Waals surface area (Å²) in [7, 11) is 0. The number of pyridine rings is 1. The molecule has 1 amide bonds. The maximum atomic E-state index is 12.7. The Morgan fingerprint density at radius 1 is 1.29 bits per heavy atom. The van der Waals surface area contributed by atoms with Crippen LogP contribution >= 0.6 is 0 Å². The number of aromatic nitrogens is 1. The summed E-state index contributed by atoms with van der Waals surface area (Å²) in [6, 6.07) is 1.80. The molecule has 1 aromatic rings. The Morgan fingerprint density at radius 3 is 2.52 bits per heavy atom. The van der Waals surface area contributed by atoms with Crippen LogP contribution in [0.15, 0.2) is 18.5 Å². The normalized spacial score (nSPS) is 16.9. The van der Waals surface area contributed by atoms with Crippen molar-refractivity contribution in [2.45, 2.75) is 33.2 Å². The molecule has 0 bridgehead atoms. The van der Waals surface area contributed by atoms with E-state index in [0.29, 0.717) is 0 Å². The first-order valence-corrected chi connectivity index (χ1v) is 7.65. The highest BCUT2D eigenvalue weighted by Gasteiger charge is 2.28. The Balaban J connectivity index is 2.06. The lowest BCUT2D eigenvalue weighted by atomic mass is 10.0. The first kappa shape index (κ1) is 15.8. The average molecular weight is 290 g/mol. The summed E-state index contributed by atoms with van der Waals surface area (Å²) in [6.07, 6.45) is 3.40. The molecule has 5 heteroatoms. The molecule has 0 aromatic carbocycles. The van der Waals surface area contributed by atoms with Gasteiger partial charge in [0.2, 0.25) is 0 Å². The first-order chi connectivity index (χ1) is 9.93. The van der Waals surface area contributed by atoms with E-state index in [9.17, 15) is 4.79 Å². The van der Waals surface area contributed by atoms with E-state index < -0.39 is 0 Å². The smallest absolute Gasteiger partial charge is 0.256 e. The molecule has 1 saturated heterocycles. The summed E-state index contributed by atoms with van der Waals surface area (Å²) in [4.78, 5) is 21.2. The number of carbonyl (C=O) groups excluding carboxylic acids is 1. The zero-order chi connectivity index (χ0) is 15.5. The van der Waals surface area contributed by atoms with Gasteiger partial charge in [-0.2, -0.15) is 0 Å². The second-order valence-corrected chi connectivity index (χ2v) is 6.40. The predicted octanol–water partition coefficient (Wildman–Crippen LogP) is 2.07. The fourth-order valence-electron chi connectivity index (χ4n) is 2.66. The lowest BCUT2D eigenvalue weighted by Crippen LogP contribution is -2.54. The van der Waals surface area contributed by atoms with Gasteiger partial charge < -0.3 is 10.2 Å². The van der Waals surface area contributed by atoms with Gasteiger partial charge in [0, 0.05) is 44.5 Å². The summed E-state index contributed by atoms with van der Waals surface area (Å²) >= 11 is 0. The van der Waals surface area contributed by atoms with Crippen molar-refractivity contribution in [3.63, 3.8) is 0 Å². The fourth-order valence-corrected chi connectivity index (χ4v) is 2.66. The Bertz CT molecular complexity index is 487. The quantitative estimate of drug-likeness (QED) is 0.926. The number of nitrogens with one attached hydrogen (secondary N) is 1. The zero-order valence-corrected chi connectivity index (χ0v) is 13.5. The van der Waals surface area contributed by atoms with Gasteiger partial charge in [0.05, 0.1) is 17.4 Å². The van der Waals surface area contributed by atoms with Crippen molar-refractivity contribution >= 4 is 11.6 Å². The van der Waals surface area contributed by atoms with Gasteiger partial charge >= 0.3 is 0 Å². The second kappa shape index (κ2) is 6.43.